The van der Waals surface area contributed by atoms with Crippen LogP contribution in [0.15, 0.2) is 0 Å². The number of carboxylic acid groups (broad SMARTS) is 1. The van der Waals surface area contributed by atoms with E-state index in [1.807, 2.05) is 0 Å². The monoisotopic (exact) mass is 160 g/mol. The van der Waals surface area contributed by atoms with Crippen molar-refractivity contribution in [2.45, 2.75) is 25.4 Å². The Labute approximate surface area is 64.4 Å². The number of hydrogen-bond acceptors (Lipinski definition) is 4. The van der Waals surface area contributed by atoms with E-state index in [9.17, 15) is 9.59 Å². The topological polar surface area (TPSA) is 106 Å². The van der Waals surface area contributed by atoms with Crippen molar-refractivity contribution in [2.24, 2.45) is 11.5 Å². The highest BCUT2D eigenvalue weighted by molar-refractivity contribution is 5.91. The van der Waals surface area contributed by atoms with E-state index in [1.165, 1.54) is 6.92 Å². The van der Waals surface area contributed by atoms with E-state index in [4.69, 9.17) is 16.6 Å². The molecule has 64 valence electrons. The molecule has 0 spiro atoms. The summed E-state index contributed by atoms with van der Waals surface area (Å²) in [7, 11) is 0. The van der Waals surface area contributed by atoms with Crippen molar-refractivity contribution in [3.05, 3.63) is 0 Å². The van der Waals surface area contributed by atoms with Crippen LogP contribution in [0.5, 0.6) is 0 Å². The summed E-state index contributed by atoms with van der Waals surface area (Å²) in [4.78, 5) is 20.9. The molecule has 2 atom stereocenters. The smallest absolute Gasteiger partial charge is 0.305 e. The van der Waals surface area contributed by atoms with Gasteiger partial charge >= 0.3 is 5.97 Å². The lowest BCUT2D eigenvalue weighted by atomic mass is 10.1. The molecule has 0 heterocycles. The lowest BCUT2D eigenvalue weighted by Gasteiger charge is -2.09. The number of rotatable bonds is 4. The normalized spacial score (nSPS) is 15.5. The van der Waals surface area contributed by atoms with Crippen molar-refractivity contribution in [1.82, 2.24) is 0 Å². The maximum absolute atomic E-state index is 10.9. The zero-order chi connectivity index (χ0) is 9.02. The first kappa shape index (κ1) is 10.1. The molecule has 0 aromatic heterocycles. The van der Waals surface area contributed by atoms with Crippen LogP contribution in [0.1, 0.15) is 13.3 Å². The second kappa shape index (κ2) is 4.05. The van der Waals surface area contributed by atoms with E-state index in [0.29, 0.717) is 0 Å². The summed E-state index contributed by atoms with van der Waals surface area (Å²) in [5.74, 6) is -1.51. The molecule has 0 radical (unpaired) electrons. The molecule has 0 saturated carbocycles. The molecule has 0 aromatic rings. The predicted octanol–water partition coefficient (Wildman–Crippen LogP) is -1.30. The van der Waals surface area contributed by atoms with E-state index < -0.39 is 23.8 Å². The lowest BCUT2D eigenvalue weighted by Crippen LogP contribution is -2.42. The average Bonchev–Trinajstić information content (AvgIpc) is 1.84. The van der Waals surface area contributed by atoms with Gasteiger partial charge in [-0.25, -0.2) is 0 Å². The van der Waals surface area contributed by atoms with Crippen LogP contribution in [-0.2, 0) is 9.59 Å². The Morgan fingerprint density at radius 2 is 1.91 bits per heavy atom. The van der Waals surface area contributed by atoms with Gasteiger partial charge in [0.25, 0.3) is 0 Å². The third-order valence-corrected chi connectivity index (χ3v) is 1.21. The molecule has 0 aliphatic heterocycles. The number of ketones is 1. The number of nitrogens with two attached hydrogens (primary N) is 2. The quantitative estimate of drug-likeness (QED) is 0.474. The number of carboxylic acids is 1. The number of Topliss-reactive ketones (excluding diaryl/α,β-unsaturated/α-hetero) is 1. The van der Waals surface area contributed by atoms with Gasteiger partial charge in [0.1, 0.15) is 0 Å². The van der Waals surface area contributed by atoms with Gasteiger partial charge in [0, 0.05) is 0 Å². The van der Waals surface area contributed by atoms with Crippen LogP contribution in [0, 0.1) is 0 Å². The van der Waals surface area contributed by atoms with Crippen molar-refractivity contribution in [3.63, 3.8) is 0 Å². The summed E-state index contributed by atoms with van der Waals surface area (Å²) in [5.41, 5.74) is 10.4. The van der Waals surface area contributed by atoms with Crippen molar-refractivity contribution in [1.29, 1.82) is 0 Å². The third-order valence-electron chi connectivity index (χ3n) is 1.21. The molecule has 0 amide bonds. The number of aliphatic carboxylic acids is 1. The number of hydrogen-bond donors (Lipinski definition) is 3. The second-order valence-corrected chi connectivity index (χ2v) is 2.40. The van der Waals surface area contributed by atoms with Gasteiger partial charge < -0.3 is 16.6 Å². The summed E-state index contributed by atoms with van der Waals surface area (Å²) in [5, 5.41) is 8.24. The molecular weight excluding hydrogens is 148 g/mol. The summed E-state index contributed by atoms with van der Waals surface area (Å²) in [6, 6.07) is -1.67. The van der Waals surface area contributed by atoms with E-state index in [0.717, 1.165) is 0 Å². The van der Waals surface area contributed by atoms with Crippen LogP contribution in [0.4, 0.5) is 0 Å². The lowest BCUT2D eigenvalue weighted by molar-refractivity contribution is -0.139. The summed E-state index contributed by atoms with van der Waals surface area (Å²) in [6.07, 6.45) is -0.361. The van der Waals surface area contributed by atoms with E-state index >= 15 is 0 Å². The molecule has 5 heteroatoms. The highest BCUT2D eigenvalue weighted by atomic mass is 16.4. The van der Waals surface area contributed by atoms with Gasteiger partial charge in [-0.3, -0.25) is 9.59 Å². The molecule has 5 nitrogen and oxygen atoms in total. The van der Waals surface area contributed by atoms with Gasteiger partial charge in [0.2, 0.25) is 0 Å². The molecule has 0 saturated heterocycles. The first-order valence-corrected chi connectivity index (χ1v) is 3.22. The highest BCUT2D eigenvalue weighted by Gasteiger charge is 2.19. The fourth-order valence-electron chi connectivity index (χ4n) is 0.626. The van der Waals surface area contributed by atoms with E-state index in [2.05, 4.69) is 0 Å². The van der Waals surface area contributed by atoms with Gasteiger partial charge in [0.05, 0.1) is 18.5 Å². The van der Waals surface area contributed by atoms with Crippen molar-refractivity contribution < 1.29 is 14.7 Å². The molecule has 0 aliphatic rings. The van der Waals surface area contributed by atoms with Gasteiger partial charge in [0.15, 0.2) is 5.78 Å². The highest BCUT2D eigenvalue weighted by Crippen LogP contribution is 1.92. The fourth-order valence-corrected chi connectivity index (χ4v) is 0.626. The van der Waals surface area contributed by atoms with Crippen LogP contribution in [0.3, 0.4) is 0 Å². The Morgan fingerprint density at radius 1 is 1.45 bits per heavy atom. The van der Waals surface area contributed by atoms with Gasteiger partial charge in [-0.2, -0.15) is 0 Å². The fraction of sp³-hybridized carbons (Fsp3) is 0.667. The van der Waals surface area contributed by atoms with Gasteiger partial charge in [-0.15, -0.1) is 0 Å². The molecule has 0 aromatic carbocycles. The van der Waals surface area contributed by atoms with Crippen LogP contribution in [-0.4, -0.2) is 28.9 Å². The van der Waals surface area contributed by atoms with E-state index in [1.54, 1.807) is 0 Å². The molecule has 1 unspecified atom stereocenters. The molecule has 11 heavy (non-hydrogen) atoms. The third kappa shape index (κ3) is 3.69. The standard InChI is InChI=1S/C6H12N2O3/c1-3(7)6(11)4(8)2-5(9)10/h3-4H,2,7-8H2,1H3,(H,9,10)/t3-,4?/m1/s1. The van der Waals surface area contributed by atoms with Crippen LogP contribution < -0.4 is 11.5 Å². The zero-order valence-electron chi connectivity index (χ0n) is 6.28. The molecule has 5 N–H and O–H groups in total. The maximum atomic E-state index is 10.9. The SMILES string of the molecule is C[C@@H](N)C(=O)C(N)CC(=O)O. The molecule has 0 fully saturated rings. The minimum atomic E-state index is -1.09. The maximum Gasteiger partial charge on any atom is 0.305 e. The van der Waals surface area contributed by atoms with Gasteiger partial charge in [-0.1, -0.05) is 0 Å². The number of carbonyl (C=O) groups excluding carboxylic acids is 1. The summed E-state index contributed by atoms with van der Waals surface area (Å²) in [6.45, 7) is 1.48. The Hall–Kier alpha value is -0.940. The van der Waals surface area contributed by atoms with Crippen LogP contribution >= 0.6 is 0 Å². The van der Waals surface area contributed by atoms with E-state index in [-0.39, 0.29) is 6.42 Å². The Morgan fingerprint density at radius 3 is 2.18 bits per heavy atom. The Balaban J connectivity index is 3.93. The zero-order valence-corrected chi connectivity index (χ0v) is 6.28. The first-order valence-electron chi connectivity index (χ1n) is 3.22. The predicted molar refractivity (Wildman–Crippen MR) is 38.9 cm³/mol. The molecule has 0 rings (SSSR count). The summed E-state index contributed by atoms with van der Waals surface area (Å²) >= 11 is 0. The minimum Gasteiger partial charge on any atom is -0.481 e. The van der Waals surface area contributed by atoms with Crippen LogP contribution in [0.2, 0.25) is 0 Å². The molecular formula is C6H12N2O3. The summed E-state index contributed by atoms with van der Waals surface area (Å²) < 4.78 is 0. The van der Waals surface area contributed by atoms with Crippen molar-refractivity contribution >= 4 is 11.8 Å². The van der Waals surface area contributed by atoms with Crippen LogP contribution in [0.25, 0.3) is 0 Å². The molecule has 0 bridgehead atoms. The average molecular weight is 160 g/mol. The van der Waals surface area contributed by atoms with Gasteiger partial charge in [-0.05, 0) is 6.92 Å². The molecule has 0 aliphatic carbocycles. The Bertz CT molecular complexity index is 167. The largest absolute Gasteiger partial charge is 0.481 e. The Kier molecular flexibility index (Phi) is 3.70. The van der Waals surface area contributed by atoms with Crippen molar-refractivity contribution in [3.8, 4) is 0 Å². The number of carbonyl (C=O) groups is 2. The minimum absolute atomic E-state index is 0.361. The first-order chi connectivity index (χ1) is 4.95. The van der Waals surface area contributed by atoms with Crippen molar-refractivity contribution in [2.75, 3.05) is 0 Å². The second-order valence-electron chi connectivity index (χ2n) is 2.40.